The minimum Gasteiger partial charge on any atom is -0.360 e. The van der Waals surface area contributed by atoms with E-state index < -0.39 is 0 Å². The van der Waals surface area contributed by atoms with Crippen molar-refractivity contribution in [1.29, 1.82) is 0 Å². The largest absolute Gasteiger partial charge is 0.360 e. The number of hydrogen-bond acceptors (Lipinski definition) is 7. The molecule has 1 atom stereocenters. The number of hydrogen-bond donors (Lipinski definition) is 1. The standard InChI is InChI=1S/C22H34N6O2/c1-6-7-8-18(22(29)24-19-14-17(5)30-26-19)27-9-11-28(12-10-27)20-13-16(4)23-21(25-20)15(2)3/h13-15,18H,6-12H2,1-5H3,(H,24,26,29). The number of unbranched alkanes of at least 4 members (excludes halogenated alkanes) is 1. The number of piperazine rings is 1. The van der Waals surface area contributed by atoms with Crippen LogP contribution in [0.2, 0.25) is 0 Å². The Bertz CT molecular complexity index is 842. The van der Waals surface area contributed by atoms with Crippen LogP contribution < -0.4 is 10.2 Å². The summed E-state index contributed by atoms with van der Waals surface area (Å²) < 4.78 is 5.07. The first kappa shape index (κ1) is 22.2. The molecule has 0 spiro atoms. The second-order valence-corrected chi connectivity index (χ2v) is 8.37. The molecule has 3 rings (SSSR count). The lowest BCUT2D eigenvalue weighted by atomic mass is 10.1. The first-order chi connectivity index (χ1) is 14.4. The zero-order valence-corrected chi connectivity index (χ0v) is 18.8. The number of rotatable bonds is 8. The lowest BCUT2D eigenvalue weighted by Crippen LogP contribution is -2.54. The third-order valence-corrected chi connectivity index (χ3v) is 5.47. The van der Waals surface area contributed by atoms with E-state index in [1.807, 2.05) is 13.8 Å². The molecule has 0 aromatic carbocycles. The van der Waals surface area contributed by atoms with E-state index in [2.05, 4.69) is 52.1 Å². The molecule has 0 radical (unpaired) electrons. The predicted molar refractivity (Wildman–Crippen MR) is 118 cm³/mol. The Morgan fingerprint density at radius 1 is 1.17 bits per heavy atom. The molecule has 0 saturated carbocycles. The summed E-state index contributed by atoms with van der Waals surface area (Å²) in [5.74, 6) is 3.33. The number of anilines is 2. The zero-order valence-electron chi connectivity index (χ0n) is 18.8. The van der Waals surface area contributed by atoms with Crippen LogP contribution in [0, 0.1) is 13.8 Å². The first-order valence-corrected chi connectivity index (χ1v) is 11.0. The molecule has 1 N–H and O–H groups in total. The normalized spacial score (nSPS) is 16.1. The molecule has 1 aliphatic heterocycles. The van der Waals surface area contributed by atoms with Gasteiger partial charge in [0, 0.05) is 49.9 Å². The van der Waals surface area contributed by atoms with Crippen LogP contribution in [0.1, 0.15) is 63.2 Å². The van der Waals surface area contributed by atoms with Crippen molar-refractivity contribution in [1.82, 2.24) is 20.0 Å². The number of aryl methyl sites for hydroxylation is 2. The summed E-state index contributed by atoms with van der Waals surface area (Å²) in [6.45, 7) is 13.5. The average molecular weight is 415 g/mol. The third kappa shape index (κ3) is 5.56. The summed E-state index contributed by atoms with van der Waals surface area (Å²) in [6.07, 6.45) is 2.91. The number of carbonyl (C=O) groups excluding carboxylic acids is 1. The number of carbonyl (C=O) groups is 1. The molecule has 3 heterocycles. The highest BCUT2D eigenvalue weighted by Crippen LogP contribution is 2.21. The molecule has 0 bridgehead atoms. The van der Waals surface area contributed by atoms with E-state index in [0.29, 0.717) is 17.5 Å². The molecule has 1 aliphatic rings. The molecular formula is C22H34N6O2. The van der Waals surface area contributed by atoms with Crippen molar-refractivity contribution in [3.63, 3.8) is 0 Å². The molecule has 30 heavy (non-hydrogen) atoms. The highest BCUT2D eigenvalue weighted by atomic mass is 16.5. The highest BCUT2D eigenvalue weighted by molar-refractivity contribution is 5.94. The van der Waals surface area contributed by atoms with E-state index in [-0.39, 0.29) is 11.9 Å². The minimum absolute atomic E-state index is 0.00910. The fourth-order valence-electron chi connectivity index (χ4n) is 3.77. The van der Waals surface area contributed by atoms with Crippen LogP contribution in [0.3, 0.4) is 0 Å². The van der Waals surface area contributed by atoms with Crippen molar-refractivity contribution in [2.24, 2.45) is 0 Å². The van der Waals surface area contributed by atoms with Gasteiger partial charge in [0.1, 0.15) is 17.4 Å². The smallest absolute Gasteiger partial charge is 0.242 e. The van der Waals surface area contributed by atoms with Gasteiger partial charge in [0.25, 0.3) is 0 Å². The van der Waals surface area contributed by atoms with Crippen molar-refractivity contribution >= 4 is 17.5 Å². The maximum Gasteiger partial charge on any atom is 0.242 e. The fourth-order valence-corrected chi connectivity index (χ4v) is 3.77. The van der Waals surface area contributed by atoms with E-state index in [9.17, 15) is 4.79 Å². The molecule has 8 heteroatoms. The Labute approximate surface area is 179 Å². The van der Waals surface area contributed by atoms with Gasteiger partial charge in [-0.15, -0.1) is 0 Å². The summed E-state index contributed by atoms with van der Waals surface area (Å²) in [6, 6.07) is 3.63. The molecule has 1 unspecified atom stereocenters. The van der Waals surface area contributed by atoms with Gasteiger partial charge in [0.05, 0.1) is 6.04 Å². The number of aromatic nitrogens is 3. The third-order valence-electron chi connectivity index (χ3n) is 5.47. The topological polar surface area (TPSA) is 87.4 Å². The van der Waals surface area contributed by atoms with Crippen molar-refractivity contribution in [3.05, 3.63) is 29.4 Å². The van der Waals surface area contributed by atoms with Crippen LogP contribution in [0.5, 0.6) is 0 Å². The molecule has 1 amide bonds. The fraction of sp³-hybridized carbons (Fsp3) is 0.636. The van der Waals surface area contributed by atoms with Gasteiger partial charge in [-0.2, -0.15) is 0 Å². The lowest BCUT2D eigenvalue weighted by Gasteiger charge is -2.39. The first-order valence-electron chi connectivity index (χ1n) is 11.0. The van der Waals surface area contributed by atoms with Gasteiger partial charge in [-0.05, 0) is 20.3 Å². The Kier molecular flexibility index (Phi) is 7.42. The summed E-state index contributed by atoms with van der Waals surface area (Å²) in [5.41, 5.74) is 0.995. The molecule has 8 nitrogen and oxygen atoms in total. The SMILES string of the molecule is CCCCC(C(=O)Nc1cc(C)on1)N1CCN(c2cc(C)nc(C(C)C)n2)CC1. The van der Waals surface area contributed by atoms with Gasteiger partial charge in [-0.1, -0.05) is 38.8 Å². The van der Waals surface area contributed by atoms with Crippen molar-refractivity contribution in [3.8, 4) is 0 Å². The van der Waals surface area contributed by atoms with Crippen molar-refractivity contribution in [2.45, 2.75) is 65.8 Å². The summed E-state index contributed by atoms with van der Waals surface area (Å²) in [4.78, 5) is 26.9. The monoisotopic (exact) mass is 414 g/mol. The Hall–Kier alpha value is -2.48. The highest BCUT2D eigenvalue weighted by Gasteiger charge is 2.29. The molecule has 1 fully saturated rings. The van der Waals surface area contributed by atoms with E-state index in [1.54, 1.807) is 6.07 Å². The lowest BCUT2D eigenvalue weighted by molar-refractivity contribution is -0.121. The van der Waals surface area contributed by atoms with Crippen LogP contribution in [0.25, 0.3) is 0 Å². The minimum atomic E-state index is -0.164. The summed E-state index contributed by atoms with van der Waals surface area (Å²) >= 11 is 0. The van der Waals surface area contributed by atoms with E-state index in [4.69, 9.17) is 9.51 Å². The van der Waals surface area contributed by atoms with Gasteiger partial charge in [0.15, 0.2) is 5.82 Å². The van der Waals surface area contributed by atoms with E-state index >= 15 is 0 Å². The van der Waals surface area contributed by atoms with Crippen molar-refractivity contribution in [2.75, 3.05) is 36.4 Å². The Balaban J connectivity index is 1.66. The Morgan fingerprint density at radius 2 is 1.90 bits per heavy atom. The summed E-state index contributed by atoms with van der Waals surface area (Å²) in [5, 5.41) is 6.82. The van der Waals surface area contributed by atoms with Gasteiger partial charge < -0.3 is 14.7 Å². The van der Waals surface area contributed by atoms with Crippen molar-refractivity contribution < 1.29 is 9.32 Å². The average Bonchev–Trinajstić information content (AvgIpc) is 3.12. The zero-order chi connectivity index (χ0) is 21.7. The number of nitrogens with one attached hydrogen (secondary N) is 1. The molecule has 0 aliphatic carbocycles. The van der Waals surface area contributed by atoms with Gasteiger partial charge >= 0.3 is 0 Å². The second-order valence-electron chi connectivity index (χ2n) is 8.37. The maximum absolute atomic E-state index is 13.0. The predicted octanol–water partition coefficient (Wildman–Crippen LogP) is 3.52. The van der Waals surface area contributed by atoms with Crippen LogP contribution >= 0.6 is 0 Å². The molecule has 1 saturated heterocycles. The molecule has 2 aromatic rings. The van der Waals surface area contributed by atoms with Crippen LogP contribution in [-0.2, 0) is 4.79 Å². The van der Waals surface area contributed by atoms with Crippen LogP contribution in [0.4, 0.5) is 11.6 Å². The van der Waals surface area contributed by atoms with Gasteiger partial charge in [-0.3, -0.25) is 9.69 Å². The van der Waals surface area contributed by atoms with E-state index in [0.717, 1.165) is 62.8 Å². The van der Waals surface area contributed by atoms with Crippen LogP contribution in [0.15, 0.2) is 16.7 Å². The van der Waals surface area contributed by atoms with Gasteiger partial charge in [-0.25, -0.2) is 9.97 Å². The van der Waals surface area contributed by atoms with Crippen LogP contribution in [-0.4, -0.2) is 58.2 Å². The number of nitrogens with zero attached hydrogens (tertiary/aromatic N) is 5. The molecule has 164 valence electrons. The summed E-state index contributed by atoms with van der Waals surface area (Å²) in [7, 11) is 0. The van der Waals surface area contributed by atoms with E-state index in [1.165, 1.54) is 0 Å². The molecule has 2 aromatic heterocycles. The molecular weight excluding hydrogens is 380 g/mol. The Morgan fingerprint density at radius 3 is 2.50 bits per heavy atom. The van der Waals surface area contributed by atoms with Gasteiger partial charge in [0.2, 0.25) is 5.91 Å². The quantitative estimate of drug-likeness (QED) is 0.707. The second kappa shape index (κ2) is 10.0. The maximum atomic E-state index is 13.0. The number of amides is 1.